The summed E-state index contributed by atoms with van der Waals surface area (Å²) in [5, 5.41) is 0. The SMILES string of the molecule is C=C(O/C(=C\C)C(F)(F)F)c1ccc(CN(C(=O)N2CC=C(c3ccccc3)CC2)c2ccccc2)cc1.CC. The second kappa shape index (κ2) is 14.2. The predicted molar refractivity (Wildman–Crippen MR) is 156 cm³/mol. The zero-order valence-electron chi connectivity index (χ0n) is 23.1. The molecule has 7 heteroatoms. The molecule has 0 N–H and O–H groups in total. The van der Waals surface area contributed by atoms with E-state index < -0.39 is 11.9 Å². The van der Waals surface area contributed by atoms with Gasteiger partial charge in [-0.05, 0) is 48.3 Å². The van der Waals surface area contributed by atoms with E-state index in [9.17, 15) is 18.0 Å². The summed E-state index contributed by atoms with van der Waals surface area (Å²) in [7, 11) is 0. The molecular formula is C33H35F3N2O2. The molecule has 0 fully saturated rings. The molecule has 3 aromatic carbocycles. The molecule has 40 heavy (non-hydrogen) atoms. The van der Waals surface area contributed by atoms with Gasteiger partial charge in [-0.1, -0.05) is 99.3 Å². The maximum Gasteiger partial charge on any atom is 0.449 e. The van der Waals surface area contributed by atoms with E-state index in [4.69, 9.17) is 4.74 Å². The van der Waals surface area contributed by atoms with Crippen LogP contribution in [0.15, 0.2) is 109 Å². The van der Waals surface area contributed by atoms with Crippen molar-refractivity contribution < 1.29 is 22.7 Å². The maximum absolute atomic E-state index is 13.6. The van der Waals surface area contributed by atoms with Crippen LogP contribution in [0.4, 0.5) is 23.7 Å². The molecule has 1 aliphatic heterocycles. The topological polar surface area (TPSA) is 32.8 Å². The van der Waals surface area contributed by atoms with Crippen LogP contribution in [-0.4, -0.2) is 30.2 Å². The van der Waals surface area contributed by atoms with Crippen molar-refractivity contribution in [2.45, 2.75) is 39.9 Å². The molecule has 0 bridgehead atoms. The van der Waals surface area contributed by atoms with Crippen molar-refractivity contribution in [3.8, 4) is 0 Å². The van der Waals surface area contributed by atoms with Crippen LogP contribution in [0.25, 0.3) is 11.3 Å². The number of benzene rings is 3. The number of amides is 2. The van der Waals surface area contributed by atoms with Gasteiger partial charge in [-0.15, -0.1) is 0 Å². The molecule has 0 aromatic heterocycles. The maximum atomic E-state index is 13.6. The lowest BCUT2D eigenvalue weighted by atomic mass is 10.00. The molecule has 4 rings (SSSR count). The van der Waals surface area contributed by atoms with Crippen LogP contribution in [0, 0.1) is 0 Å². The fraction of sp³-hybridized carbons (Fsp3) is 0.242. The van der Waals surface area contributed by atoms with Gasteiger partial charge >= 0.3 is 12.2 Å². The van der Waals surface area contributed by atoms with Crippen molar-refractivity contribution in [3.05, 3.63) is 126 Å². The fourth-order valence-corrected chi connectivity index (χ4v) is 4.26. The van der Waals surface area contributed by atoms with Crippen LogP contribution in [0.1, 0.15) is 43.9 Å². The highest BCUT2D eigenvalue weighted by molar-refractivity contribution is 5.92. The van der Waals surface area contributed by atoms with Gasteiger partial charge in [-0.2, -0.15) is 13.2 Å². The third-order valence-electron chi connectivity index (χ3n) is 6.31. The molecule has 210 valence electrons. The van der Waals surface area contributed by atoms with E-state index in [1.807, 2.05) is 67.3 Å². The molecule has 0 radical (unpaired) electrons. The smallest absolute Gasteiger partial charge is 0.449 e. The molecule has 4 nitrogen and oxygen atoms in total. The van der Waals surface area contributed by atoms with Gasteiger partial charge in [-0.3, -0.25) is 4.90 Å². The van der Waals surface area contributed by atoms with E-state index in [-0.39, 0.29) is 11.8 Å². The zero-order valence-corrected chi connectivity index (χ0v) is 23.1. The van der Waals surface area contributed by atoms with E-state index >= 15 is 0 Å². The minimum absolute atomic E-state index is 0.104. The highest BCUT2D eigenvalue weighted by Gasteiger charge is 2.36. The van der Waals surface area contributed by atoms with Gasteiger partial charge in [0, 0.05) is 24.3 Å². The van der Waals surface area contributed by atoms with Crippen LogP contribution in [0.3, 0.4) is 0 Å². The second-order valence-corrected chi connectivity index (χ2v) is 8.87. The zero-order chi connectivity index (χ0) is 29.1. The molecule has 0 atom stereocenters. The second-order valence-electron chi connectivity index (χ2n) is 8.87. The minimum atomic E-state index is -4.60. The number of alkyl halides is 3. The minimum Gasteiger partial charge on any atom is -0.453 e. The standard InChI is InChI=1S/C31H29F3N2O2.C2H6/c1-3-29(31(32,33)34)38-23(2)25-16-14-24(15-17-25)22-36(28-12-8-5-9-13-28)30(37)35-20-18-27(19-21-35)26-10-6-4-7-11-26;1-2/h3-18H,2,19-22H2,1H3;1-2H3/b29-3-;. The molecular weight excluding hydrogens is 513 g/mol. The van der Waals surface area contributed by atoms with Crippen molar-refractivity contribution in [2.24, 2.45) is 0 Å². The molecule has 0 saturated carbocycles. The number of anilines is 1. The van der Waals surface area contributed by atoms with E-state index in [0.29, 0.717) is 25.2 Å². The summed E-state index contributed by atoms with van der Waals surface area (Å²) in [5.41, 5.74) is 4.39. The quantitative estimate of drug-likeness (QED) is 0.276. The van der Waals surface area contributed by atoms with Crippen LogP contribution < -0.4 is 4.90 Å². The van der Waals surface area contributed by atoms with Crippen molar-refractivity contribution in [2.75, 3.05) is 18.0 Å². The highest BCUT2D eigenvalue weighted by Crippen LogP contribution is 2.31. The Bertz CT molecular complexity index is 1320. The van der Waals surface area contributed by atoms with Crippen molar-refractivity contribution in [1.82, 2.24) is 4.90 Å². The molecule has 0 saturated heterocycles. The number of hydrogen-bond donors (Lipinski definition) is 0. The van der Waals surface area contributed by atoms with Crippen molar-refractivity contribution >= 4 is 23.1 Å². The van der Waals surface area contributed by atoms with Crippen molar-refractivity contribution in [1.29, 1.82) is 0 Å². The Labute approximate surface area is 234 Å². The fourth-order valence-electron chi connectivity index (χ4n) is 4.26. The molecule has 2 amide bonds. The summed E-state index contributed by atoms with van der Waals surface area (Å²) in [6, 6.07) is 26.3. The molecule has 1 heterocycles. The number of carbonyl (C=O) groups is 1. The number of nitrogens with zero attached hydrogens (tertiary/aromatic N) is 2. The summed E-state index contributed by atoms with van der Waals surface area (Å²) < 4.78 is 44.0. The molecule has 0 unspecified atom stereocenters. The van der Waals surface area contributed by atoms with Gasteiger partial charge in [0.15, 0.2) is 0 Å². The first kappa shape index (κ1) is 30.3. The Hall–Kier alpha value is -4.26. The van der Waals surface area contributed by atoms with Gasteiger partial charge in [0.05, 0.1) is 6.54 Å². The normalized spacial score (nSPS) is 13.5. The number of allylic oxidation sites excluding steroid dienone is 2. The summed E-state index contributed by atoms with van der Waals surface area (Å²) in [5.74, 6) is -1.22. The van der Waals surface area contributed by atoms with Gasteiger partial charge in [0.2, 0.25) is 5.76 Å². The van der Waals surface area contributed by atoms with E-state index in [1.54, 1.807) is 29.2 Å². The molecule has 0 spiro atoms. The highest BCUT2D eigenvalue weighted by atomic mass is 19.4. The lowest BCUT2D eigenvalue weighted by Crippen LogP contribution is -2.44. The first-order valence-corrected chi connectivity index (χ1v) is 13.3. The number of ether oxygens (including phenoxy) is 1. The first-order valence-electron chi connectivity index (χ1n) is 13.3. The Morgan fingerprint density at radius 2 is 1.57 bits per heavy atom. The van der Waals surface area contributed by atoms with Gasteiger partial charge in [-0.25, -0.2) is 4.79 Å². The van der Waals surface area contributed by atoms with E-state index in [1.165, 1.54) is 18.1 Å². The monoisotopic (exact) mass is 548 g/mol. The number of urea groups is 1. The third kappa shape index (κ3) is 7.88. The number of hydrogen-bond acceptors (Lipinski definition) is 2. The average Bonchev–Trinajstić information content (AvgIpc) is 3.00. The summed E-state index contributed by atoms with van der Waals surface area (Å²) in [4.78, 5) is 17.2. The van der Waals surface area contributed by atoms with Crippen LogP contribution in [0.5, 0.6) is 0 Å². The Morgan fingerprint density at radius 3 is 2.10 bits per heavy atom. The Balaban J connectivity index is 0.00000216. The summed E-state index contributed by atoms with van der Waals surface area (Å²) in [6.07, 6.45) is -0.872. The van der Waals surface area contributed by atoms with Crippen molar-refractivity contribution in [3.63, 3.8) is 0 Å². The van der Waals surface area contributed by atoms with Gasteiger partial charge in [0.25, 0.3) is 0 Å². The number of carbonyl (C=O) groups excluding carboxylic acids is 1. The first-order chi connectivity index (χ1) is 19.3. The third-order valence-corrected chi connectivity index (χ3v) is 6.31. The number of halogens is 3. The molecule has 0 aliphatic carbocycles. The lowest BCUT2D eigenvalue weighted by molar-refractivity contribution is -0.120. The van der Waals surface area contributed by atoms with Gasteiger partial charge < -0.3 is 9.64 Å². The van der Waals surface area contributed by atoms with Crippen LogP contribution in [-0.2, 0) is 11.3 Å². The lowest BCUT2D eigenvalue weighted by Gasteiger charge is -2.33. The molecule has 1 aliphatic rings. The predicted octanol–water partition coefficient (Wildman–Crippen LogP) is 9.08. The van der Waals surface area contributed by atoms with E-state index in [0.717, 1.165) is 23.7 Å². The summed E-state index contributed by atoms with van der Waals surface area (Å²) in [6.45, 7) is 10.3. The number of para-hydroxylation sites is 1. The van der Waals surface area contributed by atoms with Gasteiger partial charge in [0.1, 0.15) is 5.76 Å². The van der Waals surface area contributed by atoms with Crippen LogP contribution in [0.2, 0.25) is 0 Å². The van der Waals surface area contributed by atoms with E-state index in [2.05, 4.69) is 24.8 Å². The number of rotatable bonds is 7. The Morgan fingerprint density at radius 1 is 0.975 bits per heavy atom. The van der Waals surface area contributed by atoms with Crippen LogP contribution >= 0.6 is 0 Å². The molecule has 3 aromatic rings. The largest absolute Gasteiger partial charge is 0.453 e. The summed E-state index contributed by atoms with van der Waals surface area (Å²) >= 11 is 0. The Kier molecular flexibility index (Phi) is 10.8. The average molecular weight is 549 g/mol.